The molecule has 0 bridgehead atoms. The lowest BCUT2D eigenvalue weighted by atomic mass is 10.3. The first kappa shape index (κ1) is 16.5. The van der Waals surface area contributed by atoms with E-state index in [9.17, 15) is 18.3 Å². The van der Waals surface area contributed by atoms with E-state index in [0.717, 1.165) is 11.3 Å². The lowest BCUT2D eigenvalue weighted by Crippen LogP contribution is -2.26. The van der Waals surface area contributed by atoms with Gasteiger partial charge in [-0.1, -0.05) is 6.92 Å². The zero-order valence-corrected chi connectivity index (χ0v) is 13.7. The number of aromatic hydroxyl groups is 1. The van der Waals surface area contributed by atoms with Crippen LogP contribution in [0.2, 0.25) is 0 Å². The average molecular weight is 340 g/mol. The topological polar surface area (TPSA) is 86.7 Å². The molecule has 0 unspecified atom stereocenters. The minimum atomic E-state index is -3.55. The number of anilines is 1. The van der Waals surface area contributed by atoms with Crippen molar-refractivity contribution in [3.63, 3.8) is 0 Å². The summed E-state index contributed by atoms with van der Waals surface area (Å²) >= 11 is 1.07. The molecule has 0 aliphatic heterocycles. The minimum absolute atomic E-state index is 0.102. The maximum atomic E-state index is 12.2. The van der Waals surface area contributed by atoms with Gasteiger partial charge >= 0.3 is 0 Å². The molecule has 0 fully saturated rings. The third-order valence-corrected chi connectivity index (χ3v) is 6.07. The summed E-state index contributed by atoms with van der Waals surface area (Å²) < 4.78 is 25.6. The molecular formula is C14H16N2O4S2. The summed E-state index contributed by atoms with van der Waals surface area (Å²) in [6.45, 7) is 2.09. The molecule has 22 heavy (non-hydrogen) atoms. The predicted molar refractivity (Wildman–Crippen MR) is 85.9 cm³/mol. The number of rotatable bonds is 5. The number of phenolic OH excluding ortho intramolecular Hbond substituents is 1. The first-order valence-corrected chi connectivity index (χ1v) is 8.82. The monoisotopic (exact) mass is 340 g/mol. The van der Waals surface area contributed by atoms with Crippen LogP contribution in [0.3, 0.4) is 0 Å². The van der Waals surface area contributed by atoms with E-state index in [1.807, 2.05) is 0 Å². The molecule has 8 heteroatoms. The summed E-state index contributed by atoms with van der Waals surface area (Å²) in [6, 6.07) is 7.39. The number of nitrogens with zero attached hydrogens (tertiary/aromatic N) is 1. The predicted octanol–water partition coefficient (Wildman–Crippen LogP) is 2.35. The summed E-state index contributed by atoms with van der Waals surface area (Å²) in [6.07, 6.45) is 0. The highest BCUT2D eigenvalue weighted by molar-refractivity contribution is 7.89. The van der Waals surface area contributed by atoms with Crippen molar-refractivity contribution < 1.29 is 18.3 Å². The van der Waals surface area contributed by atoms with Crippen LogP contribution < -0.4 is 5.32 Å². The molecule has 0 saturated carbocycles. The van der Waals surface area contributed by atoms with Gasteiger partial charge in [-0.15, -0.1) is 11.3 Å². The maximum absolute atomic E-state index is 12.2. The average Bonchev–Trinajstić information content (AvgIpc) is 2.99. The highest BCUT2D eigenvalue weighted by atomic mass is 32.2. The van der Waals surface area contributed by atoms with Gasteiger partial charge in [0.25, 0.3) is 5.91 Å². The van der Waals surface area contributed by atoms with E-state index in [4.69, 9.17) is 0 Å². The molecule has 1 aromatic carbocycles. The first-order chi connectivity index (χ1) is 10.3. The minimum Gasteiger partial charge on any atom is -0.508 e. The molecule has 0 saturated heterocycles. The third-order valence-electron chi connectivity index (χ3n) is 3.08. The van der Waals surface area contributed by atoms with Gasteiger partial charge in [-0.05, 0) is 30.3 Å². The smallest absolute Gasteiger partial charge is 0.265 e. The maximum Gasteiger partial charge on any atom is 0.265 e. The fourth-order valence-corrected chi connectivity index (χ4v) is 4.00. The van der Waals surface area contributed by atoms with Crippen LogP contribution in [0.25, 0.3) is 0 Å². The van der Waals surface area contributed by atoms with Crippen molar-refractivity contribution in [1.29, 1.82) is 0 Å². The number of hydrogen-bond acceptors (Lipinski definition) is 5. The van der Waals surface area contributed by atoms with Crippen molar-refractivity contribution in [3.8, 4) is 5.75 Å². The van der Waals surface area contributed by atoms with Crippen LogP contribution in [-0.4, -0.2) is 37.3 Å². The number of hydrogen-bond donors (Lipinski definition) is 2. The number of phenols is 1. The number of nitrogens with one attached hydrogen (secondary N) is 1. The summed E-state index contributed by atoms with van der Waals surface area (Å²) in [7, 11) is -2.06. The van der Waals surface area contributed by atoms with Gasteiger partial charge in [0.1, 0.15) is 5.75 Å². The Morgan fingerprint density at radius 2 is 1.95 bits per heavy atom. The van der Waals surface area contributed by atoms with Crippen molar-refractivity contribution in [2.45, 2.75) is 11.8 Å². The van der Waals surface area contributed by atoms with Crippen molar-refractivity contribution >= 4 is 33.0 Å². The third kappa shape index (κ3) is 3.46. The molecular weight excluding hydrogens is 324 g/mol. The van der Waals surface area contributed by atoms with E-state index in [2.05, 4.69) is 5.32 Å². The number of amides is 1. The van der Waals surface area contributed by atoms with Gasteiger partial charge in [-0.2, -0.15) is 0 Å². The van der Waals surface area contributed by atoms with Gasteiger partial charge in [0.05, 0.1) is 9.77 Å². The van der Waals surface area contributed by atoms with Crippen LogP contribution >= 0.6 is 11.3 Å². The van der Waals surface area contributed by atoms with E-state index in [-0.39, 0.29) is 10.6 Å². The van der Waals surface area contributed by atoms with Crippen LogP contribution in [0.15, 0.2) is 40.6 Å². The molecule has 2 N–H and O–H groups in total. The number of carbonyl (C=O) groups excluding carboxylic acids is 1. The summed E-state index contributed by atoms with van der Waals surface area (Å²) in [5, 5.41) is 13.3. The number of thiophene rings is 1. The Kier molecular flexibility index (Phi) is 4.84. The molecule has 1 aromatic heterocycles. The highest BCUT2D eigenvalue weighted by Crippen LogP contribution is 2.23. The van der Waals surface area contributed by atoms with Crippen LogP contribution in [0.5, 0.6) is 5.75 Å². The molecule has 6 nitrogen and oxygen atoms in total. The van der Waals surface area contributed by atoms with Crippen LogP contribution in [-0.2, 0) is 10.0 Å². The van der Waals surface area contributed by atoms with Crippen LogP contribution in [0.1, 0.15) is 16.6 Å². The Balaban J connectivity index is 2.17. The van der Waals surface area contributed by atoms with Gasteiger partial charge in [-0.3, -0.25) is 4.79 Å². The molecule has 2 aromatic rings. The Bertz CT molecular complexity index is 766. The second kappa shape index (κ2) is 6.47. The largest absolute Gasteiger partial charge is 0.508 e. The molecule has 0 radical (unpaired) electrons. The highest BCUT2D eigenvalue weighted by Gasteiger charge is 2.22. The molecule has 2 rings (SSSR count). The molecule has 1 heterocycles. The van der Waals surface area contributed by atoms with Crippen LogP contribution in [0, 0.1) is 0 Å². The second-order valence-corrected chi connectivity index (χ2v) is 7.52. The Morgan fingerprint density at radius 1 is 1.32 bits per heavy atom. The summed E-state index contributed by atoms with van der Waals surface area (Å²) in [4.78, 5) is 12.5. The zero-order valence-electron chi connectivity index (χ0n) is 12.1. The lowest BCUT2D eigenvalue weighted by Gasteiger charge is -2.12. The number of sulfonamides is 1. The van der Waals surface area contributed by atoms with E-state index >= 15 is 0 Å². The van der Waals surface area contributed by atoms with Gasteiger partial charge in [0, 0.05) is 24.7 Å². The van der Waals surface area contributed by atoms with Gasteiger partial charge in [0.15, 0.2) is 0 Å². The second-order valence-electron chi connectivity index (χ2n) is 4.57. The van der Waals surface area contributed by atoms with Crippen molar-refractivity contribution in [2.24, 2.45) is 0 Å². The molecule has 0 aliphatic rings. The molecule has 0 aliphatic carbocycles. The van der Waals surface area contributed by atoms with E-state index in [1.165, 1.54) is 34.9 Å². The fraction of sp³-hybridized carbons (Fsp3) is 0.214. The summed E-state index contributed by atoms with van der Waals surface area (Å²) in [5.74, 6) is -0.290. The van der Waals surface area contributed by atoms with E-state index in [0.29, 0.717) is 17.1 Å². The fourth-order valence-electron chi connectivity index (χ4n) is 1.66. The number of carbonyl (C=O) groups is 1. The van der Waals surface area contributed by atoms with Crippen molar-refractivity contribution in [2.75, 3.05) is 18.9 Å². The lowest BCUT2D eigenvalue weighted by molar-refractivity contribution is 0.103. The van der Waals surface area contributed by atoms with Gasteiger partial charge in [-0.25, -0.2) is 12.7 Å². The normalized spacial score (nSPS) is 11.6. The molecule has 118 valence electrons. The van der Waals surface area contributed by atoms with Crippen molar-refractivity contribution in [1.82, 2.24) is 4.31 Å². The summed E-state index contributed by atoms with van der Waals surface area (Å²) in [5.41, 5.74) is 0.520. The Morgan fingerprint density at radius 3 is 2.55 bits per heavy atom. The zero-order chi connectivity index (χ0) is 16.3. The molecule has 0 atom stereocenters. The van der Waals surface area contributed by atoms with Gasteiger partial charge in [0.2, 0.25) is 10.0 Å². The van der Waals surface area contributed by atoms with Gasteiger partial charge < -0.3 is 10.4 Å². The molecule has 0 spiro atoms. The SMILES string of the molecule is CCN(C)S(=O)(=O)c1csc(C(=O)Nc2ccc(O)cc2)c1. The first-order valence-electron chi connectivity index (χ1n) is 6.50. The van der Waals surface area contributed by atoms with Crippen molar-refractivity contribution in [3.05, 3.63) is 40.6 Å². The number of benzene rings is 1. The quantitative estimate of drug-likeness (QED) is 0.818. The Labute approximate surface area is 133 Å². The molecule has 1 amide bonds. The van der Waals surface area contributed by atoms with Crippen LogP contribution in [0.4, 0.5) is 5.69 Å². The van der Waals surface area contributed by atoms with E-state index < -0.39 is 15.9 Å². The standard InChI is InChI=1S/C14H16N2O4S2/c1-3-16(2)22(19,20)12-8-13(21-9-12)14(18)15-10-4-6-11(17)7-5-10/h4-9,17H,3H2,1-2H3,(H,15,18). The van der Waals surface area contributed by atoms with E-state index in [1.54, 1.807) is 19.1 Å². The Hall–Kier alpha value is -1.90.